The number of rotatable bonds is 4. The van der Waals surface area contributed by atoms with Crippen LogP contribution in [0.1, 0.15) is 27.8 Å². The first-order chi connectivity index (χ1) is 26.8. The number of halogens is 6. The van der Waals surface area contributed by atoms with Gasteiger partial charge in [-0.2, -0.15) is 31.6 Å². The van der Waals surface area contributed by atoms with Gasteiger partial charge in [-0.15, -0.1) is 0 Å². The van der Waals surface area contributed by atoms with Crippen LogP contribution < -0.4 is 0 Å². The molecule has 9 rings (SSSR count). The van der Waals surface area contributed by atoms with Crippen molar-refractivity contribution in [1.82, 2.24) is 9.13 Å². The molecular weight excluding hydrogens is 721 g/mol. The maximum absolute atomic E-state index is 14.1. The zero-order chi connectivity index (χ0) is 39.1. The van der Waals surface area contributed by atoms with Crippen molar-refractivity contribution in [3.63, 3.8) is 0 Å². The first kappa shape index (κ1) is 34.9. The number of hydrogen-bond donors (Lipinski definition) is 0. The highest BCUT2D eigenvalue weighted by molar-refractivity contribution is 6.12. The molecule has 0 unspecified atom stereocenters. The second-order valence-corrected chi connectivity index (χ2v) is 14.1. The molecule has 2 heterocycles. The summed E-state index contributed by atoms with van der Waals surface area (Å²) in [6.07, 6.45) is -10.0. The number of fused-ring (bicyclic) bond motifs is 6. The third-order valence-electron chi connectivity index (χ3n) is 10.5. The topological polar surface area (TPSA) is 33.6 Å². The van der Waals surface area contributed by atoms with E-state index in [1.807, 2.05) is 85.1 Å². The van der Waals surface area contributed by atoms with E-state index in [1.54, 1.807) is 30.3 Å². The molecule has 0 aliphatic carbocycles. The van der Waals surface area contributed by atoms with Gasteiger partial charge in [-0.05, 0) is 104 Å². The lowest BCUT2D eigenvalue weighted by atomic mass is 9.93. The minimum absolute atomic E-state index is 0.140. The Kier molecular flexibility index (Phi) is 7.89. The molecule has 9 aromatic rings. The summed E-state index contributed by atoms with van der Waals surface area (Å²) in [6, 6.07) is 42.2. The molecule has 3 nitrogen and oxygen atoms in total. The van der Waals surface area contributed by atoms with Gasteiger partial charge in [0.1, 0.15) is 0 Å². The molecule has 56 heavy (non-hydrogen) atoms. The Hall–Kier alpha value is -6.79. The summed E-state index contributed by atoms with van der Waals surface area (Å²) in [5.74, 6) is 0. The number of aromatic nitrogens is 2. The summed E-state index contributed by atoms with van der Waals surface area (Å²) in [6.45, 7) is 4.01. The Balaban J connectivity index is 1.41. The maximum Gasteiger partial charge on any atom is 0.416 e. The van der Waals surface area contributed by atoms with Crippen molar-refractivity contribution in [2.75, 3.05) is 0 Å². The van der Waals surface area contributed by atoms with Crippen LogP contribution in [0.25, 0.3) is 77.2 Å². The number of nitriles is 1. The summed E-state index contributed by atoms with van der Waals surface area (Å²) in [5, 5.41) is 14.1. The maximum atomic E-state index is 14.1. The molecule has 0 N–H and O–H groups in total. The van der Waals surface area contributed by atoms with Gasteiger partial charge in [0.25, 0.3) is 0 Å². The van der Waals surface area contributed by atoms with Gasteiger partial charge in [0.2, 0.25) is 0 Å². The summed E-state index contributed by atoms with van der Waals surface area (Å²) >= 11 is 0. The number of benzene rings is 7. The molecule has 0 bridgehead atoms. The van der Waals surface area contributed by atoms with Crippen molar-refractivity contribution >= 4 is 43.6 Å². The van der Waals surface area contributed by atoms with Gasteiger partial charge >= 0.3 is 12.4 Å². The van der Waals surface area contributed by atoms with Crippen molar-refractivity contribution < 1.29 is 26.3 Å². The van der Waals surface area contributed by atoms with Crippen LogP contribution in [-0.4, -0.2) is 9.13 Å². The summed E-state index contributed by atoms with van der Waals surface area (Å²) < 4.78 is 88.8. The molecular formula is C47H29F6N3. The highest BCUT2D eigenvalue weighted by Gasteiger charge is 2.37. The molecule has 2 aromatic heterocycles. The van der Waals surface area contributed by atoms with E-state index < -0.39 is 23.5 Å². The van der Waals surface area contributed by atoms with Crippen molar-refractivity contribution in [1.29, 1.82) is 5.26 Å². The van der Waals surface area contributed by atoms with E-state index >= 15 is 0 Å². The van der Waals surface area contributed by atoms with E-state index in [2.05, 4.69) is 34.9 Å². The monoisotopic (exact) mass is 749 g/mol. The molecule has 7 aromatic carbocycles. The van der Waals surface area contributed by atoms with Gasteiger partial charge in [-0.1, -0.05) is 71.8 Å². The molecule has 0 saturated heterocycles. The lowest BCUT2D eigenvalue weighted by molar-refractivity contribution is -0.143. The van der Waals surface area contributed by atoms with E-state index in [4.69, 9.17) is 0 Å². The highest BCUT2D eigenvalue weighted by atomic mass is 19.4. The molecule has 0 radical (unpaired) electrons. The van der Waals surface area contributed by atoms with Gasteiger partial charge in [0.05, 0.1) is 56.2 Å². The van der Waals surface area contributed by atoms with Gasteiger partial charge < -0.3 is 9.13 Å². The molecule has 9 heteroatoms. The normalized spacial score (nSPS) is 12.3. The van der Waals surface area contributed by atoms with Crippen molar-refractivity contribution in [2.45, 2.75) is 26.2 Å². The van der Waals surface area contributed by atoms with Gasteiger partial charge in [0.15, 0.2) is 0 Å². The minimum Gasteiger partial charge on any atom is -0.309 e. The van der Waals surface area contributed by atoms with Crippen LogP contribution in [0.2, 0.25) is 0 Å². The van der Waals surface area contributed by atoms with Gasteiger partial charge in [-0.25, -0.2) is 0 Å². The lowest BCUT2D eigenvalue weighted by Crippen LogP contribution is -2.11. The first-order valence-electron chi connectivity index (χ1n) is 17.8. The van der Waals surface area contributed by atoms with Crippen LogP contribution in [0.4, 0.5) is 26.3 Å². The van der Waals surface area contributed by atoms with Gasteiger partial charge in [-0.3, -0.25) is 0 Å². The van der Waals surface area contributed by atoms with E-state index in [-0.39, 0.29) is 17.2 Å². The molecule has 0 fully saturated rings. The Morgan fingerprint density at radius 3 is 1.50 bits per heavy atom. The van der Waals surface area contributed by atoms with Crippen molar-refractivity contribution in [2.24, 2.45) is 0 Å². The Morgan fingerprint density at radius 2 is 0.964 bits per heavy atom. The van der Waals surface area contributed by atoms with E-state index in [1.165, 1.54) is 0 Å². The third-order valence-corrected chi connectivity index (χ3v) is 10.5. The first-order valence-corrected chi connectivity index (χ1v) is 17.8. The zero-order valence-electron chi connectivity index (χ0n) is 29.9. The zero-order valence-corrected chi connectivity index (χ0v) is 29.9. The number of alkyl halides is 6. The average Bonchev–Trinajstić information content (AvgIpc) is 3.68. The molecule has 274 valence electrons. The molecule has 0 aliphatic heterocycles. The van der Waals surface area contributed by atoms with Gasteiger partial charge in [0, 0.05) is 32.7 Å². The second-order valence-electron chi connectivity index (χ2n) is 14.1. The molecule has 0 amide bonds. The van der Waals surface area contributed by atoms with Crippen LogP contribution in [0.15, 0.2) is 140 Å². The Morgan fingerprint density at radius 1 is 0.446 bits per heavy atom. The minimum atomic E-state index is -5.02. The van der Waals surface area contributed by atoms with Crippen molar-refractivity contribution in [3.05, 3.63) is 167 Å². The van der Waals surface area contributed by atoms with Crippen LogP contribution in [0.3, 0.4) is 0 Å². The fraction of sp³-hybridized carbons (Fsp3) is 0.0851. The summed E-state index contributed by atoms with van der Waals surface area (Å²) in [4.78, 5) is 0. The van der Waals surface area contributed by atoms with Crippen LogP contribution in [0.5, 0.6) is 0 Å². The fourth-order valence-electron chi connectivity index (χ4n) is 7.95. The van der Waals surface area contributed by atoms with Crippen molar-refractivity contribution in [3.8, 4) is 39.7 Å². The number of nitrogens with zero attached hydrogens (tertiary/aromatic N) is 3. The molecule has 0 aliphatic rings. The third kappa shape index (κ3) is 5.68. The van der Waals surface area contributed by atoms with Crippen LogP contribution >= 0.6 is 0 Å². The quantitative estimate of drug-likeness (QED) is 0.165. The highest BCUT2D eigenvalue weighted by Crippen LogP contribution is 2.44. The average molecular weight is 750 g/mol. The largest absolute Gasteiger partial charge is 0.416 e. The van der Waals surface area contributed by atoms with E-state index in [0.717, 1.165) is 72.6 Å². The van der Waals surface area contributed by atoms with Crippen LogP contribution in [0, 0.1) is 25.2 Å². The lowest BCUT2D eigenvalue weighted by Gasteiger charge is -2.20. The molecule has 0 atom stereocenters. The SMILES string of the molecule is Cc1ccc2c(c1)c1ccccc1n2-c1ccc(C#N)cc1-c1ccc(-c2cc(C(F)(F)F)cc(C(F)(F)F)c2)cc1-n1c2ccccc2c2cc(C)ccc21. The number of para-hydroxylation sites is 2. The Labute approximate surface area is 316 Å². The van der Waals surface area contributed by atoms with E-state index in [0.29, 0.717) is 22.4 Å². The smallest absolute Gasteiger partial charge is 0.309 e. The van der Waals surface area contributed by atoms with Crippen LogP contribution in [-0.2, 0) is 12.4 Å². The van der Waals surface area contributed by atoms with E-state index in [9.17, 15) is 31.6 Å². The Bertz CT molecular complexity index is 3070. The number of hydrogen-bond acceptors (Lipinski definition) is 1. The predicted molar refractivity (Wildman–Crippen MR) is 210 cm³/mol. The second kappa shape index (κ2) is 12.6. The summed E-state index contributed by atoms with van der Waals surface area (Å²) in [7, 11) is 0. The predicted octanol–water partition coefficient (Wildman–Crippen LogP) is 13.7. The molecule has 0 spiro atoms. The standard InChI is InChI=1S/C47H29F6N3/c1-27-11-16-42-37(19-27)34-7-3-5-9-40(34)55(42)44-18-13-29(26-54)21-39(44)36-15-14-30(31-22-32(46(48,49)50)25-33(23-31)47(51,52)53)24-45(36)56-41-10-6-4-8-35(41)38-20-28(2)12-17-43(38)56/h3-25H,1-2H3. The fourth-order valence-corrected chi connectivity index (χ4v) is 7.95. The molecule has 0 saturated carbocycles. The summed E-state index contributed by atoms with van der Waals surface area (Å²) in [5.41, 5.74) is 5.55. The number of aryl methyl sites for hydroxylation is 2.